The SMILES string of the molecule is O=C(O)Nc1ccc(-c2noc(CCC(=O)NCCCNc3n[nH]c(=O)c4ccccc34)n2)s1. The van der Waals surface area contributed by atoms with E-state index in [1.807, 2.05) is 12.1 Å². The number of H-pyrrole nitrogens is 1. The van der Waals surface area contributed by atoms with E-state index >= 15 is 0 Å². The predicted octanol–water partition coefficient (Wildman–Crippen LogP) is 2.68. The molecule has 0 bridgehead atoms. The number of fused-ring (bicyclic) bond motifs is 1. The average molecular weight is 484 g/mol. The molecule has 12 nitrogen and oxygen atoms in total. The van der Waals surface area contributed by atoms with Crippen molar-refractivity contribution < 1.29 is 19.2 Å². The van der Waals surface area contributed by atoms with Crippen molar-refractivity contribution >= 4 is 44.9 Å². The Labute approximate surface area is 196 Å². The van der Waals surface area contributed by atoms with Crippen LogP contribution in [0.5, 0.6) is 0 Å². The summed E-state index contributed by atoms with van der Waals surface area (Å²) in [4.78, 5) is 39.5. The van der Waals surface area contributed by atoms with Gasteiger partial charge in [0.05, 0.1) is 15.3 Å². The van der Waals surface area contributed by atoms with Crippen molar-refractivity contribution in [1.29, 1.82) is 0 Å². The molecule has 0 saturated carbocycles. The Morgan fingerprint density at radius 1 is 1.12 bits per heavy atom. The van der Waals surface area contributed by atoms with E-state index in [0.29, 0.717) is 52.3 Å². The van der Waals surface area contributed by atoms with Gasteiger partial charge in [-0.2, -0.15) is 10.1 Å². The number of anilines is 2. The fourth-order valence-electron chi connectivity index (χ4n) is 3.17. The number of aromatic nitrogens is 4. The number of rotatable bonds is 10. The number of nitrogens with zero attached hydrogens (tertiary/aromatic N) is 3. The molecule has 0 saturated heterocycles. The largest absolute Gasteiger partial charge is 0.465 e. The molecule has 2 amide bonds. The Balaban J connectivity index is 1.18. The van der Waals surface area contributed by atoms with Crippen LogP contribution in [-0.2, 0) is 11.2 Å². The van der Waals surface area contributed by atoms with Crippen molar-refractivity contribution in [2.24, 2.45) is 0 Å². The zero-order valence-corrected chi connectivity index (χ0v) is 18.6. The highest BCUT2D eigenvalue weighted by atomic mass is 32.1. The number of carbonyl (C=O) groups excluding carboxylic acids is 1. The summed E-state index contributed by atoms with van der Waals surface area (Å²) in [5.41, 5.74) is -0.239. The molecule has 5 N–H and O–H groups in total. The summed E-state index contributed by atoms with van der Waals surface area (Å²) >= 11 is 1.18. The van der Waals surface area contributed by atoms with Gasteiger partial charge < -0.3 is 20.3 Å². The Hall–Kier alpha value is -4.26. The molecule has 0 aliphatic rings. The van der Waals surface area contributed by atoms with E-state index < -0.39 is 6.09 Å². The first-order chi connectivity index (χ1) is 16.5. The summed E-state index contributed by atoms with van der Waals surface area (Å²) in [6.45, 7) is 1.03. The molecule has 3 heterocycles. The molecule has 4 rings (SSSR count). The minimum Gasteiger partial charge on any atom is -0.465 e. The van der Waals surface area contributed by atoms with Crippen LogP contribution in [0.15, 0.2) is 45.7 Å². The van der Waals surface area contributed by atoms with Crippen LogP contribution in [0.2, 0.25) is 0 Å². The summed E-state index contributed by atoms with van der Waals surface area (Å²) in [7, 11) is 0. The quantitative estimate of drug-likeness (QED) is 0.212. The molecule has 13 heteroatoms. The van der Waals surface area contributed by atoms with E-state index in [2.05, 4.69) is 36.3 Å². The number of amides is 2. The molecule has 0 atom stereocenters. The van der Waals surface area contributed by atoms with E-state index in [1.54, 1.807) is 24.3 Å². The number of thiophene rings is 1. The van der Waals surface area contributed by atoms with E-state index in [4.69, 9.17) is 9.63 Å². The van der Waals surface area contributed by atoms with Crippen molar-refractivity contribution in [2.45, 2.75) is 19.3 Å². The van der Waals surface area contributed by atoms with Gasteiger partial charge in [0.15, 0.2) is 5.82 Å². The highest BCUT2D eigenvalue weighted by Crippen LogP contribution is 2.29. The van der Waals surface area contributed by atoms with Gasteiger partial charge >= 0.3 is 6.09 Å². The second-order valence-corrected chi connectivity index (χ2v) is 8.27. The number of aromatic amines is 1. The molecule has 176 valence electrons. The maximum Gasteiger partial charge on any atom is 0.409 e. The second kappa shape index (κ2) is 10.6. The lowest BCUT2D eigenvalue weighted by atomic mass is 10.2. The van der Waals surface area contributed by atoms with Gasteiger partial charge in [-0.25, -0.2) is 9.89 Å². The smallest absolute Gasteiger partial charge is 0.409 e. The molecule has 1 aromatic carbocycles. The van der Waals surface area contributed by atoms with Gasteiger partial charge in [0.1, 0.15) is 0 Å². The first kappa shape index (κ1) is 22.9. The van der Waals surface area contributed by atoms with Crippen LogP contribution in [0.3, 0.4) is 0 Å². The summed E-state index contributed by atoms with van der Waals surface area (Å²) in [6.07, 6.45) is -0.00468. The predicted molar refractivity (Wildman–Crippen MR) is 126 cm³/mol. The van der Waals surface area contributed by atoms with Gasteiger partial charge in [-0.15, -0.1) is 11.3 Å². The fourth-order valence-corrected chi connectivity index (χ4v) is 3.99. The lowest BCUT2D eigenvalue weighted by Crippen LogP contribution is -2.26. The van der Waals surface area contributed by atoms with E-state index in [-0.39, 0.29) is 24.3 Å². The fraction of sp³-hybridized carbons (Fsp3) is 0.238. The van der Waals surface area contributed by atoms with E-state index in [0.717, 1.165) is 5.39 Å². The number of carbonyl (C=O) groups is 2. The third kappa shape index (κ3) is 5.75. The molecule has 34 heavy (non-hydrogen) atoms. The molecule has 0 radical (unpaired) electrons. The maximum absolute atomic E-state index is 12.1. The van der Waals surface area contributed by atoms with Crippen molar-refractivity contribution in [3.8, 4) is 10.7 Å². The van der Waals surface area contributed by atoms with Gasteiger partial charge in [0.25, 0.3) is 5.56 Å². The van der Waals surface area contributed by atoms with Crippen molar-refractivity contribution in [3.63, 3.8) is 0 Å². The molecule has 0 unspecified atom stereocenters. The molecule has 0 aliphatic heterocycles. The lowest BCUT2D eigenvalue weighted by molar-refractivity contribution is -0.121. The summed E-state index contributed by atoms with van der Waals surface area (Å²) in [5.74, 6) is 1.11. The minimum atomic E-state index is -1.15. The van der Waals surface area contributed by atoms with E-state index in [1.165, 1.54) is 11.3 Å². The zero-order valence-electron chi connectivity index (χ0n) is 17.8. The molecule has 0 aliphatic carbocycles. The summed E-state index contributed by atoms with van der Waals surface area (Å²) < 4.78 is 5.18. The Morgan fingerprint density at radius 2 is 1.94 bits per heavy atom. The van der Waals surface area contributed by atoms with Crippen LogP contribution < -0.4 is 21.5 Å². The lowest BCUT2D eigenvalue weighted by Gasteiger charge is -2.08. The third-order valence-corrected chi connectivity index (χ3v) is 5.75. The van der Waals surface area contributed by atoms with Crippen molar-refractivity contribution in [1.82, 2.24) is 25.7 Å². The number of hydrogen-bond acceptors (Lipinski definition) is 9. The summed E-state index contributed by atoms with van der Waals surface area (Å²) in [5, 5.41) is 29.2. The highest BCUT2D eigenvalue weighted by Gasteiger charge is 2.13. The van der Waals surface area contributed by atoms with Crippen LogP contribution >= 0.6 is 11.3 Å². The van der Waals surface area contributed by atoms with Crippen LogP contribution in [-0.4, -0.2) is 50.5 Å². The molecule has 3 aromatic heterocycles. The van der Waals surface area contributed by atoms with Crippen LogP contribution in [0.4, 0.5) is 15.6 Å². The van der Waals surface area contributed by atoms with E-state index in [9.17, 15) is 14.4 Å². The molecular weight excluding hydrogens is 462 g/mol. The number of carboxylic acid groups (broad SMARTS) is 1. The average Bonchev–Trinajstić information content (AvgIpc) is 3.48. The normalized spacial score (nSPS) is 10.8. The first-order valence-electron chi connectivity index (χ1n) is 10.4. The van der Waals surface area contributed by atoms with Gasteiger partial charge in [-0.3, -0.25) is 14.9 Å². The number of benzene rings is 1. The van der Waals surface area contributed by atoms with Gasteiger partial charge in [0, 0.05) is 31.3 Å². The zero-order chi connectivity index (χ0) is 23.9. The van der Waals surface area contributed by atoms with Crippen LogP contribution in [0.1, 0.15) is 18.7 Å². The van der Waals surface area contributed by atoms with Crippen molar-refractivity contribution in [2.75, 3.05) is 23.7 Å². The molecule has 0 fully saturated rings. The Morgan fingerprint density at radius 3 is 2.76 bits per heavy atom. The maximum atomic E-state index is 12.1. The van der Waals surface area contributed by atoms with Crippen LogP contribution in [0.25, 0.3) is 21.5 Å². The number of hydrogen-bond donors (Lipinski definition) is 5. The molecule has 4 aromatic rings. The standard InChI is InChI=1S/C21H21N7O5S/c29-15(7-8-16-24-19(28-33-16)14-6-9-17(34-14)25-21(31)32)22-10-3-11-23-18-12-4-1-2-5-13(12)20(30)27-26-18/h1-2,4-6,9,25H,3,7-8,10-11H2,(H,22,29)(H,23,26)(H,27,30)(H,31,32). The van der Waals surface area contributed by atoms with Crippen molar-refractivity contribution in [3.05, 3.63) is 52.6 Å². The highest BCUT2D eigenvalue weighted by molar-refractivity contribution is 7.19. The Kier molecular flexibility index (Phi) is 7.13. The van der Waals surface area contributed by atoms with Gasteiger partial charge in [-0.05, 0) is 24.6 Å². The number of nitrogens with one attached hydrogen (secondary N) is 4. The van der Waals surface area contributed by atoms with Gasteiger partial charge in [0.2, 0.25) is 17.6 Å². The monoisotopic (exact) mass is 483 g/mol. The first-order valence-corrected chi connectivity index (χ1v) is 11.2. The third-order valence-electron chi connectivity index (χ3n) is 4.75. The topological polar surface area (TPSA) is 175 Å². The number of aryl methyl sites for hydroxylation is 1. The molecule has 0 spiro atoms. The molecular formula is C21H21N7O5S. The summed E-state index contributed by atoms with van der Waals surface area (Å²) in [6, 6.07) is 10.5. The Bertz CT molecular complexity index is 1360. The second-order valence-electron chi connectivity index (χ2n) is 7.18. The minimum absolute atomic E-state index is 0.142. The van der Waals surface area contributed by atoms with Gasteiger partial charge in [-0.1, -0.05) is 23.4 Å². The van der Waals surface area contributed by atoms with Crippen LogP contribution in [0, 0.1) is 0 Å².